The van der Waals surface area contributed by atoms with E-state index in [9.17, 15) is 19.3 Å². The lowest BCUT2D eigenvalue weighted by atomic mass is 10.1. The van der Waals surface area contributed by atoms with E-state index in [0.29, 0.717) is 10.4 Å². The number of nitro benzene ring substituents is 1. The molecule has 1 aromatic heterocycles. The highest BCUT2D eigenvalue weighted by Gasteiger charge is 2.14. The van der Waals surface area contributed by atoms with Crippen LogP contribution in [0.3, 0.4) is 0 Å². The number of nitro groups is 1. The van der Waals surface area contributed by atoms with Crippen LogP contribution in [0.2, 0.25) is 0 Å². The largest absolute Gasteiger partial charge is 0.288 e. The number of non-ortho nitro benzene ring substituents is 1. The first-order chi connectivity index (χ1) is 11.0. The first-order valence-corrected chi connectivity index (χ1v) is 7.51. The van der Waals surface area contributed by atoms with Gasteiger partial charge in [0.1, 0.15) is 5.82 Å². The Labute approximate surface area is 135 Å². The Kier molecular flexibility index (Phi) is 3.99. The Morgan fingerprint density at radius 3 is 2.22 bits per heavy atom. The van der Waals surface area contributed by atoms with Crippen molar-refractivity contribution in [1.82, 2.24) is 0 Å². The first kappa shape index (κ1) is 15.1. The summed E-state index contributed by atoms with van der Waals surface area (Å²) in [6.45, 7) is 0. The minimum atomic E-state index is -0.508. The van der Waals surface area contributed by atoms with Gasteiger partial charge < -0.3 is 0 Å². The highest BCUT2D eigenvalue weighted by atomic mass is 32.1. The van der Waals surface area contributed by atoms with Gasteiger partial charge in [-0.15, -0.1) is 11.3 Å². The maximum Gasteiger partial charge on any atom is 0.269 e. The number of carbonyl (C=O) groups is 1. The molecule has 0 aliphatic heterocycles. The van der Waals surface area contributed by atoms with Crippen LogP contribution in [0.4, 0.5) is 10.1 Å². The molecule has 0 aliphatic carbocycles. The van der Waals surface area contributed by atoms with Crippen LogP contribution in [0.15, 0.2) is 60.7 Å². The van der Waals surface area contributed by atoms with E-state index < -0.39 is 4.92 Å². The summed E-state index contributed by atoms with van der Waals surface area (Å²) in [4.78, 5) is 23.9. The summed E-state index contributed by atoms with van der Waals surface area (Å²) >= 11 is 1.30. The molecular formula is C17H10FNO3S. The molecular weight excluding hydrogens is 317 g/mol. The second-order valence-electron chi connectivity index (χ2n) is 4.80. The van der Waals surface area contributed by atoms with Gasteiger partial charge in [-0.2, -0.15) is 0 Å². The molecule has 2 aromatic carbocycles. The van der Waals surface area contributed by atoms with Crippen molar-refractivity contribution in [3.63, 3.8) is 0 Å². The lowest BCUT2D eigenvalue weighted by molar-refractivity contribution is -0.384. The smallest absolute Gasteiger partial charge is 0.269 e. The van der Waals surface area contributed by atoms with Crippen molar-refractivity contribution >= 4 is 22.8 Å². The molecule has 0 N–H and O–H groups in total. The number of thiophene rings is 1. The highest BCUT2D eigenvalue weighted by Crippen LogP contribution is 2.29. The fraction of sp³-hybridized carbons (Fsp3) is 0. The molecule has 3 aromatic rings. The van der Waals surface area contributed by atoms with Crippen LogP contribution in [0, 0.1) is 15.9 Å². The lowest BCUT2D eigenvalue weighted by Gasteiger charge is -1.98. The third kappa shape index (κ3) is 3.17. The molecule has 4 nitrogen and oxygen atoms in total. The number of rotatable bonds is 4. The zero-order valence-electron chi connectivity index (χ0n) is 11.7. The maximum atomic E-state index is 12.9. The molecule has 0 fully saturated rings. The Hall–Kier alpha value is -2.86. The summed E-state index contributed by atoms with van der Waals surface area (Å²) in [5, 5.41) is 10.6. The molecule has 6 heteroatoms. The SMILES string of the molecule is O=C(c1ccc([N+](=O)[O-])cc1)c1ccc(-c2ccc(F)cc2)s1. The van der Waals surface area contributed by atoms with Crippen molar-refractivity contribution in [2.45, 2.75) is 0 Å². The van der Waals surface area contributed by atoms with Gasteiger partial charge in [-0.3, -0.25) is 14.9 Å². The van der Waals surface area contributed by atoms with E-state index in [-0.39, 0.29) is 17.3 Å². The minimum Gasteiger partial charge on any atom is -0.288 e. The quantitative estimate of drug-likeness (QED) is 0.397. The van der Waals surface area contributed by atoms with E-state index in [2.05, 4.69) is 0 Å². The highest BCUT2D eigenvalue weighted by molar-refractivity contribution is 7.17. The van der Waals surface area contributed by atoms with E-state index in [1.165, 1.54) is 47.7 Å². The lowest BCUT2D eigenvalue weighted by Crippen LogP contribution is -1.98. The predicted octanol–water partition coefficient (Wildman–Crippen LogP) is 4.69. The normalized spacial score (nSPS) is 10.5. The van der Waals surface area contributed by atoms with Crippen molar-refractivity contribution in [2.75, 3.05) is 0 Å². The molecule has 0 aliphatic rings. The van der Waals surface area contributed by atoms with Crippen LogP contribution in [0.5, 0.6) is 0 Å². The molecule has 0 spiro atoms. The summed E-state index contributed by atoms with van der Waals surface area (Å²) < 4.78 is 12.9. The summed E-state index contributed by atoms with van der Waals surface area (Å²) in [5.74, 6) is -0.509. The zero-order valence-corrected chi connectivity index (χ0v) is 12.5. The predicted molar refractivity (Wildman–Crippen MR) is 86.2 cm³/mol. The van der Waals surface area contributed by atoms with Crippen LogP contribution in [-0.4, -0.2) is 10.7 Å². The topological polar surface area (TPSA) is 60.2 Å². The molecule has 0 amide bonds. The second-order valence-corrected chi connectivity index (χ2v) is 5.89. The molecule has 0 saturated heterocycles. The molecule has 0 unspecified atom stereocenters. The molecule has 0 saturated carbocycles. The monoisotopic (exact) mass is 327 g/mol. The zero-order chi connectivity index (χ0) is 16.4. The van der Waals surface area contributed by atoms with Crippen molar-refractivity contribution in [2.24, 2.45) is 0 Å². The fourth-order valence-corrected chi connectivity index (χ4v) is 3.08. The number of ketones is 1. The summed E-state index contributed by atoms with van der Waals surface area (Å²) in [6.07, 6.45) is 0. The van der Waals surface area contributed by atoms with Crippen LogP contribution in [0.25, 0.3) is 10.4 Å². The van der Waals surface area contributed by atoms with Crippen LogP contribution < -0.4 is 0 Å². The summed E-state index contributed by atoms with van der Waals surface area (Å²) in [5.41, 5.74) is 1.17. The molecule has 1 heterocycles. The van der Waals surface area contributed by atoms with Crippen LogP contribution in [0.1, 0.15) is 15.2 Å². The van der Waals surface area contributed by atoms with Gasteiger partial charge >= 0.3 is 0 Å². The van der Waals surface area contributed by atoms with Gasteiger partial charge in [-0.1, -0.05) is 12.1 Å². The van der Waals surface area contributed by atoms with E-state index >= 15 is 0 Å². The van der Waals surface area contributed by atoms with Crippen molar-refractivity contribution in [1.29, 1.82) is 0 Å². The van der Waals surface area contributed by atoms with Gasteiger partial charge in [-0.05, 0) is 42.0 Å². The number of halogens is 1. The maximum absolute atomic E-state index is 12.9. The van der Waals surface area contributed by atoms with Gasteiger partial charge in [0.2, 0.25) is 5.78 Å². The minimum absolute atomic E-state index is 0.0558. The average Bonchev–Trinajstić information content (AvgIpc) is 3.05. The van der Waals surface area contributed by atoms with Crippen molar-refractivity contribution < 1.29 is 14.1 Å². The van der Waals surface area contributed by atoms with Crippen LogP contribution in [-0.2, 0) is 0 Å². The second kappa shape index (κ2) is 6.10. The molecule has 0 radical (unpaired) electrons. The van der Waals surface area contributed by atoms with Gasteiger partial charge in [-0.25, -0.2) is 4.39 Å². The Morgan fingerprint density at radius 2 is 1.61 bits per heavy atom. The summed E-state index contributed by atoms with van der Waals surface area (Å²) in [6, 6.07) is 15.0. The van der Waals surface area contributed by atoms with Crippen LogP contribution >= 0.6 is 11.3 Å². The first-order valence-electron chi connectivity index (χ1n) is 6.69. The number of hydrogen-bond donors (Lipinski definition) is 0. The Bertz CT molecular complexity index is 870. The van der Waals surface area contributed by atoms with E-state index in [1.54, 1.807) is 24.3 Å². The van der Waals surface area contributed by atoms with E-state index in [4.69, 9.17) is 0 Å². The Morgan fingerprint density at radius 1 is 0.957 bits per heavy atom. The van der Waals surface area contributed by atoms with Crippen molar-refractivity contribution in [3.8, 4) is 10.4 Å². The van der Waals surface area contributed by atoms with Gasteiger partial charge in [0.15, 0.2) is 0 Å². The van der Waals surface area contributed by atoms with Gasteiger partial charge in [0.05, 0.1) is 9.80 Å². The fourth-order valence-electron chi connectivity index (χ4n) is 2.11. The molecule has 23 heavy (non-hydrogen) atoms. The third-order valence-electron chi connectivity index (χ3n) is 3.30. The van der Waals surface area contributed by atoms with E-state index in [0.717, 1.165) is 10.4 Å². The number of hydrogen-bond acceptors (Lipinski definition) is 4. The molecule has 114 valence electrons. The number of carbonyl (C=O) groups excluding carboxylic acids is 1. The number of benzene rings is 2. The summed E-state index contributed by atoms with van der Waals surface area (Å²) in [7, 11) is 0. The Balaban J connectivity index is 1.86. The molecule has 3 rings (SSSR count). The molecule has 0 atom stereocenters. The third-order valence-corrected chi connectivity index (χ3v) is 4.43. The average molecular weight is 327 g/mol. The van der Waals surface area contributed by atoms with E-state index in [1.807, 2.05) is 0 Å². The van der Waals surface area contributed by atoms with Gasteiger partial charge in [0, 0.05) is 22.6 Å². The number of nitrogens with zero attached hydrogens (tertiary/aromatic N) is 1. The molecule has 0 bridgehead atoms. The standard InChI is InChI=1S/C17H10FNO3S/c18-13-5-1-11(2-6-13)15-9-10-16(23-15)17(20)12-3-7-14(8-4-12)19(21)22/h1-10H. The van der Waals surface area contributed by atoms with Gasteiger partial charge in [0.25, 0.3) is 5.69 Å². The van der Waals surface area contributed by atoms with Crippen molar-refractivity contribution in [3.05, 3.63) is 87.0 Å².